The number of aromatic nitrogens is 1. The van der Waals surface area contributed by atoms with E-state index in [-0.39, 0.29) is 24.0 Å². The van der Waals surface area contributed by atoms with E-state index in [1.165, 1.54) is 0 Å². The van der Waals surface area contributed by atoms with Crippen molar-refractivity contribution in [3.63, 3.8) is 0 Å². The Morgan fingerprint density at radius 2 is 1.57 bits per heavy atom. The fourth-order valence-corrected chi connectivity index (χ4v) is 1.62. The molecule has 4 heteroatoms. The number of carbonyl (C=O) groups is 1. The van der Waals surface area contributed by atoms with Crippen molar-refractivity contribution < 1.29 is 38.1 Å². The van der Waals surface area contributed by atoms with Crippen molar-refractivity contribution in [2.45, 2.75) is 0 Å². The van der Waals surface area contributed by atoms with Gasteiger partial charge < -0.3 is 28.7 Å². The summed E-state index contributed by atoms with van der Waals surface area (Å²) in [5, 5.41) is 0. The van der Waals surface area contributed by atoms with Gasteiger partial charge in [0, 0.05) is 18.2 Å². The number of hydrogen-bond donors (Lipinski definition) is 0. The summed E-state index contributed by atoms with van der Waals surface area (Å²) >= 11 is 0. The number of nitrogens with zero attached hydrogens (tertiary/aromatic N) is 1. The van der Waals surface area contributed by atoms with E-state index >= 15 is 0 Å². The Labute approximate surface area is 141 Å². The van der Waals surface area contributed by atoms with Gasteiger partial charge in [-0.1, -0.05) is 30.9 Å². The lowest BCUT2D eigenvalue weighted by molar-refractivity contribution is -0.671. The molecule has 0 unspecified atom stereocenters. The van der Waals surface area contributed by atoms with Gasteiger partial charge in [-0.25, -0.2) is 9.36 Å². The Morgan fingerprint density at radius 1 is 1.05 bits per heavy atom. The maximum atomic E-state index is 11.0. The Morgan fingerprint density at radius 3 is 2.10 bits per heavy atom. The van der Waals surface area contributed by atoms with Gasteiger partial charge in [0.25, 0.3) is 0 Å². The van der Waals surface area contributed by atoms with Gasteiger partial charge in [-0.15, -0.1) is 0 Å². The van der Waals surface area contributed by atoms with E-state index in [2.05, 4.69) is 6.58 Å². The molecular weight excluding hydrogens is 377 g/mol. The Bertz CT molecular complexity index is 631. The van der Waals surface area contributed by atoms with Gasteiger partial charge in [0.05, 0.1) is 0 Å². The second-order valence-electron chi connectivity index (χ2n) is 4.32. The predicted octanol–water partition coefficient (Wildman–Crippen LogP) is -0.223. The van der Waals surface area contributed by atoms with Gasteiger partial charge in [-0.3, -0.25) is 0 Å². The molecule has 0 saturated carbocycles. The van der Waals surface area contributed by atoms with Crippen molar-refractivity contribution >= 4 is 18.1 Å². The molecule has 2 rings (SSSR count). The van der Waals surface area contributed by atoms with Gasteiger partial charge in [-0.2, -0.15) is 0 Å². The zero-order valence-corrected chi connectivity index (χ0v) is 13.9. The smallest absolute Gasteiger partial charge is 0.335 e. The highest BCUT2D eigenvalue weighted by atomic mass is 127. The minimum absolute atomic E-state index is 0. The summed E-state index contributed by atoms with van der Waals surface area (Å²) in [5.74, 6) is 0.0595. The minimum Gasteiger partial charge on any atom is -1.00 e. The standard InChI is InChI=1S/C17H16NO2.HI/c1-3-17(19)20-16-8-6-14(7-9-16)4-5-15-10-12-18(2)13-11-15;/h3-13H,1H2,2H3;1H/q+1;/p-1/b5-4+;. The molecule has 0 aliphatic heterocycles. The zero-order chi connectivity index (χ0) is 14.4. The Balaban J connectivity index is 0.00000220. The second-order valence-corrected chi connectivity index (χ2v) is 4.32. The number of halogens is 1. The van der Waals surface area contributed by atoms with Crippen LogP contribution in [0.4, 0.5) is 0 Å². The first-order valence-electron chi connectivity index (χ1n) is 6.25. The van der Waals surface area contributed by atoms with Crippen molar-refractivity contribution in [2.24, 2.45) is 7.05 Å². The number of carbonyl (C=O) groups excluding carboxylic acids is 1. The van der Waals surface area contributed by atoms with E-state index in [4.69, 9.17) is 4.74 Å². The number of esters is 1. The number of ether oxygens (including phenoxy) is 1. The van der Waals surface area contributed by atoms with Crippen LogP contribution in [0.15, 0.2) is 61.4 Å². The number of pyridine rings is 1. The maximum absolute atomic E-state index is 11.0. The van der Waals surface area contributed by atoms with Crippen molar-refractivity contribution in [3.05, 3.63) is 72.6 Å². The summed E-state index contributed by atoms with van der Waals surface area (Å²) in [7, 11) is 1.98. The van der Waals surface area contributed by atoms with E-state index in [1.54, 1.807) is 12.1 Å². The van der Waals surface area contributed by atoms with Gasteiger partial charge in [0.15, 0.2) is 12.4 Å². The normalized spacial score (nSPS) is 9.95. The topological polar surface area (TPSA) is 30.2 Å². The molecule has 3 nitrogen and oxygen atoms in total. The molecule has 2 aromatic rings. The first-order valence-corrected chi connectivity index (χ1v) is 6.25. The van der Waals surface area contributed by atoms with E-state index < -0.39 is 5.97 Å². The van der Waals surface area contributed by atoms with Crippen LogP contribution < -0.4 is 33.3 Å². The summed E-state index contributed by atoms with van der Waals surface area (Å²) in [5.41, 5.74) is 2.17. The van der Waals surface area contributed by atoms with Crippen LogP contribution in [0.25, 0.3) is 12.2 Å². The monoisotopic (exact) mass is 393 g/mol. The molecule has 108 valence electrons. The molecule has 0 bridgehead atoms. The van der Waals surface area contributed by atoms with Crippen LogP contribution in [-0.2, 0) is 11.8 Å². The van der Waals surface area contributed by atoms with E-state index in [9.17, 15) is 4.79 Å². The predicted molar refractivity (Wildman–Crippen MR) is 78.8 cm³/mol. The van der Waals surface area contributed by atoms with Crippen molar-refractivity contribution in [3.8, 4) is 5.75 Å². The fourth-order valence-electron chi connectivity index (χ4n) is 1.62. The van der Waals surface area contributed by atoms with Gasteiger partial charge in [0.1, 0.15) is 12.8 Å². The lowest BCUT2D eigenvalue weighted by Crippen LogP contribution is -3.00. The molecular formula is C17H16INO2. The molecule has 0 saturated heterocycles. The maximum Gasteiger partial charge on any atom is 0.335 e. The summed E-state index contributed by atoms with van der Waals surface area (Å²) in [6.07, 6.45) is 9.18. The molecule has 0 fully saturated rings. The molecule has 0 aliphatic carbocycles. The molecule has 0 N–H and O–H groups in total. The lowest BCUT2D eigenvalue weighted by atomic mass is 10.1. The highest BCUT2D eigenvalue weighted by Gasteiger charge is 1.98. The van der Waals surface area contributed by atoms with Crippen LogP contribution in [0.5, 0.6) is 5.75 Å². The third-order valence-electron chi connectivity index (χ3n) is 2.74. The largest absolute Gasteiger partial charge is 1.00 e. The van der Waals surface area contributed by atoms with Crippen molar-refractivity contribution in [1.29, 1.82) is 0 Å². The van der Waals surface area contributed by atoms with Crippen molar-refractivity contribution in [2.75, 3.05) is 0 Å². The molecule has 0 spiro atoms. The Kier molecular flexibility index (Phi) is 6.81. The SMILES string of the molecule is C=CC(=O)Oc1ccc(/C=C/c2cc[n+](C)cc2)cc1.[I-]. The molecule has 1 heterocycles. The first-order chi connectivity index (χ1) is 9.67. The molecule has 0 atom stereocenters. The molecule has 21 heavy (non-hydrogen) atoms. The molecule has 0 radical (unpaired) electrons. The zero-order valence-electron chi connectivity index (χ0n) is 11.7. The molecule has 1 aromatic carbocycles. The third-order valence-corrected chi connectivity index (χ3v) is 2.74. The number of rotatable bonds is 4. The highest BCUT2D eigenvalue weighted by Crippen LogP contribution is 2.14. The highest BCUT2D eigenvalue weighted by molar-refractivity contribution is 5.83. The quantitative estimate of drug-likeness (QED) is 0.236. The van der Waals surface area contributed by atoms with Gasteiger partial charge >= 0.3 is 5.97 Å². The number of benzene rings is 1. The van der Waals surface area contributed by atoms with Gasteiger partial charge in [0.2, 0.25) is 0 Å². The second kappa shape index (κ2) is 8.36. The number of hydrogen-bond acceptors (Lipinski definition) is 2. The fraction of sp³-hybridized carbons (Fsp3) is 0.0588. The average Bonchev–Trinajstić information content (AvgIpc) is 2.48. The van der Waals surface area contributed by atoms with E-state index in [1.807, 2.05) is 60.4 Å². The number of aryl methyl sites for hydroxylation is 1. The van der Waals surface area contributed by atoms with Crippen LogP contribution in [-0.4, -0.2) is 5.97 Å². The Hall–Kier alpha value is -1.95. The summed E-state index contributed by atoms with van der Waals surface area (Å²) in [4.78, 5) is 11.0. The molecule has 0 amide bonds. The van der Waals surface area contributed by atoms with Gasteiger partial charge in [-0.05, 0) is 23.3 Å². The summed E-state index contributed by atoms with van der Waals surface area (Å²) in [6, 6.07) is 11.4. The van der Waals surface area contributed by atoms with Crippen LogP contribution in [0.1, 0.15) is 11.1 Å². The van der Waals surface area contributed by atoms with Crippen LogP contribution in [0.2, 0.25) is 0 Å². The van der Waals surface area contributed by atoms with E-state index in [0.717, 1.165) is 17.2 Å². The lowest BCUT2D eigenvalue weighted by Gasteiger charge is -2.01. The average molecular weight is 393 g/mol. The van der Waals surface area contributed by atoms with Crippen molar-refractivity contribution in [1.82, 2.24) is 0 Å². The summed E-state index contributed by atoms with van der Waals surface area (Å²) in [6.45, 7) is 3.36. The minimum atomic E-state index is -0.453. The van der Waals surface area contributed by atoms with E-state index in [0.29, 0.717) is 5.75 Å². The molecule has 0 aliphatic rings. The first kappa shape index (κ1) is 17.1. The van der Waals surface area contributed by atoms with Crippen LogP contribution >= 0.6 is 0 Å². The van der Waals surface area contributed by atoms with Crippen LogP contribution in [0, 0.1) is 0 Å². The summed E-state index contributed by atoms with van der Waals surface area (Å²) < 4.78 is 7.00. The third kappa shape index (κ3) is 5.51. The molecule has 1 aromatic heterocycles. The van der Waals surface area contributed by atoms with Crippen LogP contribution in [0.3, 0.4) is 0 Å².